The number of carbonyl (C=O) groups is 1. The molecule has 1 heterocycles. The van der Waals surface area contributed by atoms with Crippen molar-refractivity contribution < 1.29 is 27.9 Å². The maximum atomic E-state index is 13.1. The first-order valence-corrected chi connectivity index (χ1v) is 9.31. The second-order valence-corrected chi connectivity index (χ2v) is 6.42. The fourth-order valence-corrected chi connectivity index (χ4v) is 3.04. The van der Waals surface area contributed by atoms with E-state index >= 15 is 0 Å². The smallest absolute Gasteiger partial charge is 0.254 e. The van der Waals surface area contributed by atoms with Crippen LogP contribution in [0.15, 0.2) is 47.0 Å². The summed E-state index contributed by atoms with van der Waals surface area (Å²) in [7, 11) is 4.60. The lowest BCUT2D eigenvalue weighted by atomic mass is 10.1. The third-order valence-electron chi connectivity index (χ3n) is 4.62. The number of hydrogen-bond acceptors (Lipinski definition) is 6. The third kappa shape index (κ3) is 4.37. The van der Waals surface area contributed by atoms with Crippen molar-refractivity contribution in [1.82, 2.24) is 10.1 Å². The standard InChI is InChI=1S/C22H23FN2O5/c1-5-25(22(26)14-6-8-16(23)9-7-14)13-17-12-18(30-24-17)15-10-19(27-2)21(29-4)20(11-15)28-3/h6-12H,5,13H2,1-4H3. The van der Waals surface area contributed by atoms with Gasteiger partial charge >= 0.3 is 0 Å². The van der Waals surface area contributed by atoms with Gasteiger partial charge in [-0.1, -0.05) is 5.16 Å². The first-order chi connectivity index (χ1) is 14.5. The number of methoxy groups -OCH3 is 3. The molecular weight excluding hydrogens is 391 g/mol. The molecule has 0 aliphatic rings. The van der Waals surface area contributed by atoms with Gasteiger partial charge in [0.05, 0.1) is 27.9 Å². The van der Waals surface area contributed by atoms with Crippen molar-refractivity contribution in [3.8, 4) is 28.6 Å². The summed E-state index contributed by atoms with van der Waals surface area (Å²) < 4.78 is 34.7. The number of benzene rings is 2. The summed E-state index contributed by atoms with van der Waals surface area (Å²) in [4.78, 5) is 14.3. The van der Waals surface area contributed by atoms with Gasteiger partial charge < -0.3 is 23.6 Å². The number of rotatable bonds is 8. The molecule has 2 aromatic carbocycles. The Kier molecular flexibility index (Phi) is 6.56. The van der Waals surface area contributed by atoms with Gasteiger partial charge in [0.15, 0.2) is 17.3 Å². The molecule has 0 N–H and O–H groups in total. The molecular formula is C22H23FN2O5. The van der Waals surface area contributed by atoms with Gasteiger partial charge in [-0.3, -0.25) is 4.79 Å². The van der Waals surface area contributed by atoms with Crippen LogP contribution in [0.2, 0.25) is 0 Å². The summed E-state index contributed by atoms with van der Waals surface area (Å²) in [6, 6.07) is 10.7. The van der Waals surface area contributed by atoms with Crippen LogP contribution in [0.3, 0.4) is 0 Å². The molecule has 1 aromatic heterocycles. The maximum absolute atomic E-state index is 13.1. The predicted molar refractivity (Wildman–Crippen MR) is 108 cm³/mol. The Bertz CT molecular complexity index is 992. The van der Waals surface area contributed by atoms with Gasteiger partial charge in [-0.2, -0.15) is 0 Å². The Morgan fingerprint density at radius 3 is 2.20 bits per heavy atom. The molecule has 3 aromatic rings. The molecule has 30 heavy (non-hydrogen) atoms. The average molecular weight is 414 g/mol. The Hall–Kier alpha value is -3.55. The molecule has 3 rings (SSSR count). The topological polar surface area (TPSA) is 74.0 Å². The van der Waals surface area contributed by atoms with Crippen molar-refractivity contribution in [2.75, 3.05) is 27.9 Å². The molecule has 0 bridgehead atoms. The minimum atomic E-state index is -0.388. The highest BCUT2D eigenvalue weighted by atomic mass is 19.1. The Labute approximate surface area is 173 Å². The van der Waals surface area contributed by atoms with E-state index < -0.39 is 0 Å². The van der Waals surface area contributed by atoms with Crippen LogP contribution in [0, 0.1) is 5.82 Å². The van der Waals surface area contributed by atoms with Crippen LogP contribution in [0.25, 0.3) is 11.3 Å². The number of nitrogens with zero attached hydrogens (tertiary/aromatic N) is 2. The number of ether oxygens (including phenoxy) is 3. The van der Waals surface area contributed by atoms with E-state index in [0.717, 1.165) is 0 Å². The lowest BCUT2D eigenvalue weighted by molar-refractivity contribution is 0.0749. The fraction of sp³-hybridized carbons (Fsp3) is 0.273. The van der Waals surface area contributed by atoms with Crippen molar-refractivity contribution >= 4 is 5.91 Å². The van der Waals surface area contributed by atoms with E-state index in [9.17, 15) is 9.18 Å². The van der Waals surface area contributed by atoms with Crippen LogP contribution in [-0.2, 0) is 6.54 Å². The molecule has 8 heteroatoms. The number of halogens is 1. The molecule has 158 valence electrons. The van der Waals surface area contributed by atoms with Gasteiger partial charge in [-0.15, -0.1) is 0 Å². The molecule has 0 saturated heterocycles. The molecule has 0 spiro atoms. The zero-order chi connectivity index (χ0) is 21.7. The summed E-state index contributed by atoms with van der Waals surface area (Å²) in [6.07, 6.45) is 0. The fourth-order valence-electron chi connectivity index (χ4n) is 3.04. The van der Waals surface area contributed by atoms with E-state index in [1.54, 1.807) is 23.1 Å². The Morgan fingerprint density at radius 2 is 1.67 bits per heavy atom. The van der Waals surface area contributed by atoms with Gasteiger partial charge in [-0.25, -0.2) is 4.39 Å². The molecule has 0 aliphatic heterocycles. The number of aromatic nitrogens is 1. The normalized spacial score (nSPS) is 10.6. The Balaban J connectivity index is 1.83. The zero-order valence-corrected chi connectivity index (χ0v) is 17.3. The van der Waals surface area contributed by atoms with E-state index in [4.69, 9.17) is 18.7 Å². The largest absolute Gasteiger partial charge is 0.493 e. The minimum absolute atomic E-state index is 0.213. The van der Waals surface area contributed by atoms with Crippen LogP contribution >= 0.6 is 0 Å². The third-order valence-corrected chi connectivity index (χ3v) is 4.62. The van der Waals surface area contributed by atoms with Gasteiger partial charge in [0.1, 0.15) is 11.5 Å². The number of hydrogen-bond donors (Lipinski definition) is 0. The first kappa shape index (κ1) is 21.2. The van der Waals surface area contributed by atoms with E-state index in [2.05, 4.69) is 5.16 Å². The van der Waals surface area contributed by atoms with Crippen molar-refractivity contribution in [1.29, 1.82) is 0 Å². The first-order valence-electron chi connectivity index (χ1n) is 9.31. The monoisotopic (exact) mass is 414 g/mol. The van der Waals surface area contributed by atoms with Gasteiger partial charge in [0, 0.05) is 23.7 Å². The quantitative estimate of drug-likeness (QED) is 0.551. The molecule has 0 aliphatic carbocycles. The van der Waals surface area contributed by atoms with Crippen molar-refractivity contribution in [3.05, 3.63) is 59.5 Å². The van der Waals surface area contributed by atoms with Gasteiger partial charge in [0.25, 0.3) is 5.91 Å². The van der Waals surface area contributed by atoms with E-state index in [1.807, 2.05) is 6.92 Å². The predicted octanol–water partition coefficient (Wildman–Crippen LogP) is 4.17. The highest BCUT2D eigenvalue weighted by Gasteiger charge is 2.19. The molecule has 0 saturated carbocycles. The second-order valence-electron chi connectivity index (χ2n) is 6.42. The lowest BCUT2D eigenvalue weighted by Gasteiger charge is -2.19. The van der Waals surface area contributed by atoms with Crippen LogP contribution < -0.4 is 14.2 Å². The highest BCUT2D eigenvalue weighted by molar-refractivity contribution is 5.94. The summed E-state index contributed by atoms with van der Waals surface area (Å²) in [5.41, 5.74) is 1.68. The highest BCUT2D eigenvalue weighted by Crippen LogP contribution is 2.41. The summed E-state index contributed by atoms with van der Waals surface area (Å²) in [6.45, 7) is 2.57. The van der Waals surface area contributed by atoms with Gasteiger partial charge in [-0.05, 0) is 43.3 Å². The van der Waals surface area contributed by atoms with Crippen molar-refractivity contribution in [3.63, 3.8) is 0 Å². The zero-order valence-electron chi connectivity index (χ0n) is 17.3. The van der Waals surface area contributed by atoms with Crippen LogP contribution in [0.5, 0.6) is 17.2 Å². The Morgan fingerprint density at radius 1 is 1.03 bits per heavy atom. The van der Waals surface area contributed by atoms with E-state index in [-0.39, 0.29) is 18.3 Å². The minimum Gasteiger partial charge on any atom is -0.493 e. The molecule has 0 unspecified atom stereocenters. The lowest BCUT2D eigenvalue weighted by Crippen LogP contribution is -2.30. The van der Waals surface area contributed by atoms with E-state index in [0.29, 0.717) is 46.4 Å². The average Bonchev–Trinajstić information content (AvgIpc) is 3.25. The maximum Gasteiger partial charge on any atom is 0.254 e. The number of amides is 1. The molecule has 0 fully saturated rings. The molecule has 0 radical (unpaired) electrons. The molecule has 0 atom stereocenters. The SMILES string of the molecule is CCN(Cc1cc(-c2cc(OC)c(OC)c(OC)c2)on1)C(=O)c1ccc(F)cc1. The second kappa shape index (κ2) is 9.30. The molecule has 7 nitrogen and oxygen atoms in total. The summed E-state index contributed by atoms with van der Waals surface area (Å²) in [5.74, 6) is 1.36. The van der Waals surface area contributed by atoms with Crippen molar-refractivity contribution in [2.24, 2.45) is 0 Å². The van der Waals surface area contributed by atoms with Crippen LogP contribution in [0.4, 0.5) is 4.39 Å². The van der Waals surface area contributed by atoms with Crippen LogP contribution in [-0.4, -0.2) is 43.8 Å². The summed E-state index contributed by atoms with van der Waals surface area (Å²) >= 11 is 0. The molecule has 1 amide bonds. The number of carbonyl (C=O) groups excluding carboxylic acids is 1. The van der Waals surface area contributed by atoms with E-state index in [1.165, 1.54) is 45.6 Å². The van der Waals surface area contributed by atoms with Crippen LogP contribution in [0.1, 0.15) is 23.0 Å². The van der Waals surface area contributed by atoms with Crippen molar-refractivity contribution in [2.45, 2.75) is 13.5 Å². The summed E-state index contributed by atoms with van der Waals surface area (Å²) in [5, 5.41) is 4.08. The van der Waals surface area contributed by atoms with Gasteiger partial charge in [0.2, 0.25) is 5.75 Å².